The van der Waals surface area contributed by atoms with Gasteiger partial charge in [0.05, 0.1) is 17.0 Å². The maximum atomic E-state index is 13.4. The molecule has 5 nitrogen and oxygen atoms in total. The van der Waals surface area contributed by atoms with Gasteiger partial charge >= 0.3 is 6.18 Å². The van der Waals surface area contributed by atoms with Crippen LogP contribution in [0.1, 0.15) is 40.6 Å². The first-order chi connectivity index (χ1) is 14.3. The van der Waals surface area contributed by atoms with Gasteiger partial charge in [-0.25, -0.2) is 4.39 Å². The lowest BCUT2D eigenvalue weighted by molar-refractivity contribution is -0.138. The largest absolute Gasteiger partial charge is 0.417 e. The summed E-state index contributed by atoms with van der Waals surface area (Å²) in [6, 6.07) is 10.5. The Kier molecular flexibility index (Phi) is 5.27. The number of hydrogen-bond acceptors (Lipinski definition) is 4. The molecule has 0 saturated carbocycles. The monoisotopic (exact) mass is 419 g/mol. The first-order valence-corrected chi connectivity index (χ1v) is 9.38. The molecule has 1 aromatic heterocycles. The molecule has 4 rings (SSSR count). The highest BCUT2D eigenvalue weighted by Gasteiger charge is 2.37. The number of halogens is 4. The standard InChI is InChI=1S/C21H17F4N3O2/c22-15-7-3-5-13(11-15)18-26-19(30-27-18)14-6-4-10-28(12-14)20(29)16-8-1-2-9-17(16)21(23,24)25/h1-3,5,7-9,11,14H,4,6,10,12H2. The summed E-state index contributed by atoms with van der Waals surface area (Å²) in [7, 11) is 0. The van der Waals surface area contributed by atoms with Crippen LogP contribution in [-0.2, 0) is 6.18 Å². The van der Waals surface area contributed by atoms with Crippen molar-refractivity contribution in [2.75, 3.05) is 13.1 Å². The SMILES string of the molecule is O=C(c1ccccc1C(F)(F)F)N1CCCC(c2nc(-c3cccc(F)c3)no2)C1. The number of hydrogen-bond donors (Lipinski definition) is 0. The maximum absolute atomic E-state index is 13.4. The summed E-state index contributed by atoms with van der Waals surface area (Å²) in [6.07, 6.45) is -3.38. The summed E-state index contributed by atoms with van der Waals surface area (Å²) in [5, 5.41) is 3.87. The fraction of sp³-hybridized carbons (Fsp3) is 0.286. The van der Waals surface area contributed by atoms with Crippen LogP contribution >= 0.6 is 0 Å². The van der Waals surface area contributed by atoms with Gasteiger partial charge in [-0.15, -0.1) is 0 Å². The molecule has 2 aromatic carbocycles. The van der Waals surface area contributed by atoms with E-state index in [1.807, 2.05) is 0 Å². The molecule has 0 bridgehead atoms. The molecule has 9 heteroatoms. The normalized spacial score (nSPS) is 17.2. The molecule has 30 heavy (non-hydrogen) atoms. The van der Waals surface area contributed by atoms with Crippen LogP contribution in [0.4, 0.5) is 17.6 Å². The third-order valence-electron chi connectivity index (χ3n) is 5.05. The topological polar surface area (TPSA) is 59.2 Å². The van der Waals surface area contributed by atoms with E-state index in [4.69, 9.17) is 4.52 Å². The van der Waals surface area contributed by atoms with E-state index in [0.29, 0.717) is 24.9 Å². The van der Waals surface area contributed by atoms with E-state index in [1.165, 1.54) is 41.3 Å². The zero-order valence-corrected chi connectivity index (χ0v) is 15.7. The number of amides is 1. The molecule has 1 aliphatic heterocycles. The van der Waals surface area contributed by atoms with E-state index in [1.54, 1.807) is 6.07 Å². The van der Waals surface area contributed by atoms with Gasteiger partial charge in [0.15, 0.2) is 0 Å². The smallest absolute Gasteiger partial charge is 0.339 e. The van der Waals surface area contributed by atoms with Crippen molar-refractivity contribution in [2.45, 2.75) is 24.9 Å². The summed E-state index contributed by atoms with van der Waals surface area (Å²) in [5.74, 6) is -0.934. The highest BCUT2D eigenvalue weighted by Crippen LogP contribution is 2.34. The van der Waals surface area contributed by atoms with E-state index in [9.17, 15) is 22.4 Å². The molecule has 2 heterocycles. The summed E-state index contributed by atoms with van der Waals surface area (Å²) in [4.78, 5) is 18.5. The summed E-state index contributed by atoms with van der Waals surface area (Å²) >= 11 is 0. The average molecular weight is 419 g/mol. The second-order valence-electron chi connectivity index (χ2n) is 7.10. The molecule has 1 fully saturated rings. The lowest BCUT2D eigenvalue weighted by Gasteiger charge is -2.31. The molecule has 1 aliphatic rings. The number of aromatic nitrogens is 2. The predicted molar refractivity (Wildman–Crippen MR) is 99.0 cm³/mol. The molecule has 0 N–H and O–H groups in total. The lowest BCUT2D eigenvalue weighted by Crippen LogP contribution is -2.40. The van der Waals surface area contributed by atoms with Crippen molar-refractivity contribution in [3.05, 3.63) is 71.4 Å². The van der Waals surface area contributed by atoms with Gasteiger partial charge in [-0.1, -0.05) is 29.4 Å². The summed E-state index contributed by atoms with van der Waals surface area (Å²) in [6.45, 7) is 0.502. The van der Waals surface area contributed by atoms with Crippen LogP contribution < -0.4 is 0 Å². The fourth-order valence-electron chi connectivity index (χ4n) is 3.60. The Morgan fingerprint density at radius 2 is 1.93 bits per heavy atom. The van der Waals surface area contributed by atoms with Gasteiger partial charge in [-0.3, -0.25) is 4.79 Å². The van der Waals surface area contributed by atoms with Gasteiger partial charge in [-0.2, -0.15) is 18.2 Å². The number of alkyl halides is 3. The molecule has 156 valence electrons. The number of rotatable bonds is 3. The second-order valence-corrected chi connectivity index (χ2v) is 7.10. The van der Waals surface area contributed by atoms with Crippen molar-refractivity contribution in [1.82, 2.24) is 15.0 Å². The Labute approximate surface area is 169 Å². The van der Waals surface area contributed by atoms with Crippen LogP contribution in [0.3, 0.4) is 0 Å². The first-order valence-electron chi connectivity index (χ1n) is 9.38. The molecule has 3 aromatic rings. The number of benzene rings is 2. The minimum atomic E-state index is -4.62. The molecular formula is C21H17F4N3O2. The van der Waals surface area contributed by atoms with Crippen molar-refractivity contribution < 1.29 is 26.9 Å². The van der Waals surface area contributed by atoms with Crippen LogP contribution in [0.15, 0.2) is 53.1 Å². The van der Waals surface area contributed by atoms with Gasteiger partial charge in [0, 0.05) is 18.7 Å². The lowest BCUT2D eigenvalue weighted by atomic mass is 9.96. The van der Waals surface area contributed by atoms with Crippen molar-refractivity contribution in [3.8, 4) is 11.4 Å². The first kappa shape index (κ1) is 20.1. The van der Waals surface area contributed by atoms with Crippen LogP contribution in [0.2, 0.25) is 0 Å². The molecule has 0 radical (unpaired) electrons. The van der Waals surface area contributed by atoms with E-state index < -0.39 is 23.5 Å². The quantitative estimate of drug-likeness (QED) is 0.566. The van der Waals surface area contributed by atoms with Gasteiger partial charge in [-0.05, 0) is 37.1 Å². The van der Waals surface area contributed by atoms with E-state index in [-0.39, 0.29) is 29.7 Å². The Morgan fingerprint density at radius 3 is 2.70 bits per heavy atom. The number of likely N-dealkylation sites (tertiary alicyclic amines) is 1. The van der Waals surface area contributed by atoms with E-state index in [2.05, 4.69) is 10.1 Å². The van der Waals surface area contributed by atoms with E-state index in [0.717, 1.165) is 6.07 Å². The van der Waals surface area contributed by atoms with Crippen molar-refractivity contribution in [1.29, 1.82) is 0 Å². The van der Waals surface area contributed by atoms with Crippen molar-refractivity contribution in [3.63, 3.8) is 0 Å². The van der Waals surface area contributed by atoms with Crippen LogP contribution in [0, 0.1) is 5.82 Å². The highest BCUT2D eigenvalue weighted by atomic mass is 19.4. The van der Waals surface area contributed by atoms with Crippen LogP contribution in [-0.4, -0.2) is 34.0 Å². The van der Waals surface area contributed by atoms with Gasteiger partial charge in [0.25, 0.3) is 5.91 Å². The van der Waals surface area contributed by atoms with Crippen molar-refractivity contribution in [2.24, 2.45) is 0 Å². The van der Waals surface area contributed by atoms with Crippen LogP contribution in [0.25, 0.3) is 11.4 Å². The molecule has 1 atom stereocenters. The summed E-state index contributed by atoms with van der Waals surface area (Å²) in [5.41, 5.74) is -0.882. The minimum Gasteiger partial charge on any atom is -0.339 e. The number of carbonyl (C=O) groups excluding carboxylic acids is 1. The van der Waals surface area contributed by atoms with Gasteiger partial charge in [0.1, 0.15) is 5.82 Å². The molecule has 1 saturated heterocycles. The molecular weight excluding hydrogens is 402 g/mol. The summed E-state index contributed by atoms with van der Waals surface area (Å²) < 4.78 is 58.6. The zero-order valence-electron chi connectivity index (χ0n) is 15.7. The van der Waals surface area contributed by atoms with E-state index >= 15 is 0 Å². The molecule has 0 spiro atoms. The number of carbonyl (C=O) groups is 1. The van der Waals surface area contributed by atoms with Crippen molar-refractivity contribution >= 4 is 5.91 Å². The molecule has 0 aliphatic carbocycles. The third kappa shape index (κ3) is 4.05. The molecule has 1 amide bonds. The third-order valence-corrected chi connectivity index (χ3v) is 5.05. The number of piperidine rings is 1. The Morgan fingerprint density at radius 1 is 1.13 bits per heavy atom. The number of nitrogens with zero attached hydrogens (tertiary/aromatic N) is 3. The maximum Gasteiger partial charge on any atom is 0.417 e. The Balaban J connectivity index is 1.54. The van der Waals surface area contributed by atoms with Crippen LogP contribution in [0.5, 0.6) is 0 Å². The Bertz CT molecular complexity index is 1060. The van der Waals surface area contributed by atoms with Gasteiger partial charge in [0.2, 0.25) is 11.7 Å². The second kappa shape index (κ2) is 7.89. The highest BCUT2D eigenvalue weighted by molar-refractivity contribution is 5.96. The Hall–Kier alpha value is -3.23. The zero-order chi connectivity index (χ0) is 21.3. The molecule has 1 unspecified atom stereocenters. The fourth-order valence-corrected chi connectivity index (χ4v) is 3.60. The minimum absolute atomic E-state index is 0.163. The predicted octanol–water partition coefficient (Wildman–Crippen LogP) is 4.91. The average Bonchev–Trinajstić information content (AvgIpc) is 3.23. The van der Waals surface area contributed by atoms with Gasteiger partial charge < -0.3 is 9.42 Å².